The smallest absolute Gasteiger partial charge is 0.147 e. The number of hydrogen-bond donors (Lipinski definition) is 2. The van der Waals surface area contributed by atoms with Crippen molar-refractivity contribution in [3.8, 4) is 5.75 Å². The Morgan fingerprint density at radius 2 is 1.94 bits per heavy atom. The van der Waals surface area contributed by atoms with Gasteiger partial charge in [0.15, 0.2) is 0 Å². The van der Waals surface area contributed by atoms with Gasteiger partial charge in [-0.05, 0) is 30.4 Å². The monoisotopic (exact) mass is 222 g/mol. The molecule has 1 aliphatic heterocycles. The van der Waals surface area contributed by atoms with Crippen molar-refractivity contribution in [1.29, 1.82) is 0 Å². The van der Waals surface area contributed by atoms with Gasteiger partial charge in [0.05, 0.1) is 18.5 Å². The second-order valence-electron chi connectivity index (χ2n) is 4.08. The average Bonchev–Trinajstić information content (AvgIpc) is 2.33. The van der Waals surface area contributed by atoms with E-state index >= 15 is 0 Å². The standard InChI is InChI=1S/C12H18N2O2/c1-15-12-9(2-3-10(13)11(12)14)8-4-6-16-7-5-8/h2-3,8H,4-7,13-14H2,1H3. The summed E-state index contributed by atoms with van der Waals surface area (Å²) in [6.45, 7) is 1.61. The first-order valence-corrected chi connectivity index (χ1v) is 5.53. The highest BCUT2D eigenvalue weighted by Crippen LogP contribution is 2.39. The highest BCUT2D eigenvalue weighted by Gasteiger charge is 2.21. The topological polar surface area (TPSA) is 70.5 Å². The molecule has 1 aromatic carbocycles. The second kappa shape index (κ2) is 4.61. The molecule has 1 aliphatic rings. The molecule has 4 nitrogen and oxygen atoms in total. The summed E-state index contributed by atoms with van der Waals surface area (Å²) in [6, 6.07) is 3.86. The van der Waals surface area contributed by atoms with E-state index in [-0.39, 0.29) is 0 Å². The zero-order valence-corrected chi connectivity index (χ0v) is 9.53. The Morgan fingerprint density at radius 1 is 1.25 bits per heavy atom. The fourth-order valence-corrected chi connectivity index (χ4v) is 2.19. The number of anilines is 2. The summed E-state index contributed by atoms with van der Waals surface area (Å²) in [5.41, 5.74) is 14.0. The number of ether oxygens (including phenoxy) is 2. The van der Waals surface area contributed by atoms with Crippen molar-refractivity contribution in [2.75, 3.05) is 31.8 Å². The van der Waals surface area contributed by atoms with Crippen molar-refractivity contribution in [3.05, 3.63) is 17.7 Å². The highest BCUT2D eigenvalue weighted by atomic mass is 16.5. The Labute approximate surface area is 95.5 Å². The van der Waals surface area contributed by atoms with Crippen molar-refractivity contribution in [2.24, 2.45) is 0 Å². The van der Waals surface area contributed by atoms with Gasteiger partial charge in [0.2, 0.25) is 0 Å². The van der Waals surface area contributed by atoms with Crippen molar-refractivity contribution in [1.82, 2.24) is 0 Å². The van der Waals surface area contributed by atoms with Gasteiger partial charge in [-0.2, -0.15) is 0 Å². The maximum absolute atomic E-state index is 5.92. The molecular weight excluding hydrogens is 204 g/mol. The molecule has 1 aromatic rings. The summed E-state index contributed by atoms with van der Waals surface area (Å²) < 4.78 is 10.7. The minimum atomic E-state index is 0.464. The Morgan fingerprint density at radius 3 is 2.56 bits per heavy atom. The highest BCUT2D eigenvalue weighted by molar-refractivity contribution is 5.73. The van der Waals surface area contributed by atoms with Gasteiger partial charge in [-0.1, -0.05) is 6.07 Å². The van der Waals surface area contributed by atoms with E-state index in [1.165, 1.54) is 0 Å². The summed E-state index contributed by atoms with van der Waals surface area (Å²) in [7, 11) is 1.63. The van der Waals surface area contributed by atoms with Crippen LogP contribution in [-0.2, 0) is 4.74 Å². The van der Waals surface area contributed by atoms with Crippen LogP contribution in [0.4, 0.5) is 11.4 Å². The molecule has 1 fully saturated rings. The molecule has 0 unspecified atom stereocenters. The van der Waals surface area contributed by atoms with Crippen LogP contribution in [0, 0.1) is 0 Å². The van der Waals surface area contributed by atoms with E-state index in [2.05, 4.69) is 0 Å². The minimum absolute atomic E-state index is 0.464. The van der Waals surface area contributed by atoms with Crippen LogP contribution in [0.25, 0.3) is 0 Å². The molecular formula is C12H18N2O2. The third-order valence-corrected chi connectivity index (χ3v) is 3.13. The summed E-state index contributed by atoms with van der Waals surface area (Å²) in [4.78, 5) is 0. The third-order valence-electron chi connectivity index (χ3n) is 3.13. The maximum Gasteiger partial charge on any atom is 0.147 e. The number of methoxy groups -OCH3 is 1. The molecule has 0 aromatic heterocycles. The van der Waals surface area contributed by atoms with Crippen LogP contribution in [0.3, 0.4) is 0 Å². The average molecular weight is 222 g/mol. The van der Waals surface area contributed by atoms with Crippen molar-refractivity contribution in [2.45, 2.75) is 18.8 Å². The van der Waals surface area contributed by atoms with Crippen LogP contribution in [0.2, 0.25) is 0 Å². The molecule has 0 aliphatic carbocycles. The van der Waals surface area contributed by atoms with Crippen LogP contribution in [0.5, 0.6) is 5.75 Å². The molecule has 2 rings (SSSR count). The third kappa shape index (κ3) is 1.93. The van der Waals surface area contributed by atoms with E-state index in [1.807, 2.05) is 12.1 Å². The summed E-state index contributed by atoms with van der Waals surface area (Å²) in [6.07, 6.45) is 2.03. The van der Waals surface area contributed by atoms with Gasteiger partial charge in [-0.25, -0.2) is 0 Å². The summed E-state index contributed by atoms with van der Waals surface area (Å²) >= 11 is 0. The van der Waals surface area contributed by atoms with E-state index < -0.39 is 0 Å². The minimum Gasteiger partial charge on any atom is -0.494 e. The molecule has 0 bridgehead atoms. The predicted octanol–water partition coefficient (Wildman–Crippen LogP) is 1.75. The Hall–Kier alpha value is -1.42. The molecule has 0 atom stereocenters. The van der Waals surface area contributed by atoms with Crippen molar-refractivity contribution in [3.63, 3.8) is 0 Å². The van der Waals surface area contributed by atoms with Gasteiger partial charge in [0.25, 0.3) is 0 Å². The van der Waals surface area contributed by atoms with Gasteiger partial charge >= 0.3 is 0 Å². The lowest BCUT2D eigenvalue weighted by Crippen LogP contribution is -2.15. The zero-order chi connectivity index (χ0) is 11.5. The van der Waals surface area contributed by atoms with E-state index in [0.29, 0.717) is 17.3 Å². The van der Waals surface area contributed by atoms with Gasteiger partial charge in [0.1, 0.15) is 5.75 Å². The lowest BCUT2D eigenvalue weighted by atomic mass is 9.90. The molecule has 0 spiro atoms. The molecule has 0 saturated carbocycles. The summed E-state index contributed by atoms with van der Waals surface area (Å²) in [5.74, 6) is 1.19. The van der Waals surface area contributed by atoms with E-state index in [9.17, 15) is 0 Å². The molecule has 88 valence electrons. The Kier molecular flexibility index (Phi) is 3.19. The van der Waals surface area contributed by atoms with Crippen LogP contribution >= 0.6 is 0 Å². The molecule has 4 N–H and O–H groups in total. The Balaban J connectivity index is 2.35. The van der Waals surface area contributed by atoms with E-state index in [1.54, 1.807) is 7.11 Å². The number of benzene rings is 1. The van der Waals surface area contributed by atoms with Crippen molar-refractivity contribution < 1.29 is 9.47 Å². The van der Waals surface area contributed by atoms with Gasteiger partial charge in [-0.3, -0.25) is 0 Å². The predicted molar refractivity (Wildman–Crippen MR) is 64.6 cm³/mol. The molecule has 0 amide bonds. The number of rotatable bonds is 2. The maximum atomic E-state index is 5.92. The largest absolute Gasteiger partial charge is 0.494 e. The lowest BCUT2D eigenvalue weighted by Gasteiger charge is -2.25. The van der Waals surface area contributed by atoms with Crippen molar-refractivity contribution >= 4 is 11.4 Å². The number of hydrogen-bond acceptors (Lipinski definition) is 4. The SMILES string of the molecule is COc1c(C2CCOCC2)ccc(N)c1N. The molecule has 0 radical (unpaired) electrons. The van der Waals surface area contributed by atoms with E-state index in [4.69, 9.17) is 20.9 Å². The van der Waals surface area contributed by atoms with Crippen LogP contribution in [0.15, 0.2) is 12.1 Å². The number of nitrogens with two attached hydrogens (primary N) is 2. The lowest BCUT2D eigenvalue weighted by molar-refractivity contribution is 0.0848. The fraction of sp³-hybridized carbons (Fsp3) is 0.500. The molecule has 1 saturated heterocycles. The normalized spacial score (nSPS) is 17.3. The van der Waals surface area contributed by atoms with Crippen LogP contribution in [0.1, 0.15) is 24.3 Å². The zero-order valence-electron chi connectivity index (χ0n) is 9.53. The molecule has 4 heteroatoms. The van der Waals surface area contributed by atoms with Crippen LogP contribution in [-0.4, -0.2) is 20.3 Å². The fourth-order valence-electron chi connectivity index (χ4n) is 2.19. The van der Waals surface area contributed by atoms with Gasteiger partial charge in [-0.15, -0.1) is 0 Å². The Bertz CT molecular complexity index is 374. The summed E-state index contributed by atoms with van der Waals surface area (Å²) in [5, 5.41) is 0. The second-order valence-corrected chi connectivity index (χ2v) is 4.08. The van der Waals surface area contributed by atoms with Crippen LogP contribution < -0.4 is 16.2 Å². The quantitative estimate of drug-likeness (QED) is 0.748. The van der Waals surface area contributed by atoms with Gasteiger partial charge < -0.3 is 20.9 Å². The van der Waals surface area contributed by atoms with Gasteiger partial charge in [0, 0.05) is 13.2 Å². The molecule has 1 heterocycles. The first-order chi connectivity index (χ1) is 7.74. The van der Waals surface area contributed by atoms with E-state index in [0.717, 1.165) is 37.4 Å². The first kappa shape index (κ1) is 11.1. The molecule has 16 heavy (non-hydrogen) atoms. The first-order valence-electron chi connectivity index (χ1n) is 5.53. The number of nitrogen functional groups attached to an aromatic ring is 2.